The number of hydrogen-bond acceptors (Lipinski definition) is 3. The molecule has 2 N–H and O–H groups in total. The molecule has 1 heterocycles. The van der Waals surface area contributed by atoms with Gasteiger partial charge in [0.05, 0.1) is 16.8 Å². The van der Waals surface area contributed by atoms with Crippen LogP contribution in [0.15, 0.2) is 39.8 Å². The molecule has 0 atom stereocenters. The van der Waals surface area contributed by atoms with Crippen molar-refractivity contribution >= 4 is 33.5 Å². The summed E-state index contributed by atoms with van der Waals surface area (Å²) in [6, 6.07) is 7.91. The van der Waals surface area contributed by atoms with Crippen LogP contribution in [0.2, 0.25) is 0 Å². The Hall–Kier alpha value is -0.940. The summed E-state index contributed by atoms with van der Waals surface area (Å²) in [6.45, 7) is 2.15. The van der Waals surface area contributed by atoms with E-state index in [1.54, 1.807) is 16.4 Å². The van der Waals surface area contributed by atoms with E-state index in [4.69, 9.17) is 5.73 Å². The number of hydrogen-bond donors (Lipinski definition) is 1. The first-order chi connectivity index (χ1) is 8.24. The van der Waals surface area contributed by atoms with Gasteiger partial charge >= 0.3 is 0 Å². The lowest BCUT2D eigenvalue weighted by molar-refractivity contribution is 0.886. The maximum Gasteiger partial charge on any atom is 0.140 e. The van der Waals surface area contributed by atoms with Gasteiger partial charge in [-0.05, 0) is 40.2 Å². The van der Waals surface area contributed by atoms with E-state index < -0.39 is 0 Å². The molecule has 0 fully saturated rings. The SMILES string of the molecule is CCCSc1cnn(-c2ccccc2Br)c1N. The van der Waals surface area contributed by atoms with Crippen LogP contribution in [-0.2, 0) is 0 Å². The summed E-state index contributed by atoms with van der Waals surface area (Å²) in [6.07, 6.45) is 2.96. The molecule has 17 heavy (non-hydrogen) atoms. The first-order valence-electron chi connectivity index (χ1n) is 5.45. The quantitative estimate of drug-likeness (QED) is 0.875. The van der Waals surface area contributed by atoms with Crippen molar-refractivity contribution in [1.29, 1.82) is 0 Å². The molecule has 1 aromatic carbocycles. The van der Waals surface area contributed by atoms with Gasteiger partial charge in [0.1, 0.15) is 5.82 Å². The van der Waals surface area contributed by atoms with Gasteiger partial charge in [0.15, 0.2) is 0 Å². The van der Waals surface area contributed by atoms with Gasteiger partial charge in [-0.15, -0.1) is 11.8 Å². The Kier molecular flexibility index (Phi) is 4.12. The van der Waals surface area contributed by atoms with E-state index >= 15 is 0 Å². The minimum absolute atomic E-state index is 0.704. The van der Waals surface area contributed by atoms with Crippen LogP contribution in [-0.4, -0.2) is 15.5 Å². The average Bonchev–Trinajstić information content (AvgIpc) is 2.69. The third kappa shape index (κ3) is 2.66. The van der Waals surface area contributed by atoms with Gasteiger partial charge < -0.3 is 5.73 Å². The number of para-hydroxylation sites is 1. The van der Waals surface area contributed by atoms with Crippen LogP contribution in [0.3, 0.4) is 0 Å². The smallest absolute Gasteiger partial charge is 0.140 e. The molecule has 3 nitrogen and oxygen atoms in total. The first-order valence-corrected chi connectivity index (χ1v) is 7.23. The van der Waals surface area contributed by atoms with Gasteiger partial charge in [-0.2, -0.15) is 5.10 Å². The van der Waals surface area contributed by atoms with Crippen molar-refractivity contribution < 1.29 is 0 Å². The molecular weight excluding hydrogens is 298 g/mol. The minimum atomic E-state index is 0.704. The van der Waals surface area contributed by atoms with Crippen LogP contribution in [0.1, 0.15) is 13.3 Å². The molecular formula is C12H14BrN3S. The number of nitrogen functional groups attached to an aromatic ring is 1. The van der Waals surface area contributed by atoms with Gasteiger partial charge in [-0.1, -0.05) is 19.1 Å². The van der Waals surface area contributed by atoms with Gasteiger partial charge in [-0.3, -0.25) is 0 Å². The fraction of sp³-hybridized carbons (Fsp3) is 0.250. The molecule has 2 rings (SSSR count). The maximum absolute atomic E-state index is 6.10. The summed E-state index contributed by atoms with van der Waals surface area (Å²) in [5.74, 6) is 1.77. The minimum Gasteiger partial charge on any atom is -0.383 e. The highest BCUT2D eigenvalue weighted by Crippen LogP contribution is 2.29. The first kappa shape index (κ1) is 12.5. The van der Waals surface area contributed by atoms with E-state index in [1.165, 1.54) is 0 Å². The Morgan fingerprint density at radius 2 is 2.18 bits per heavy atom. The number of aromatic nitrogens is 2. The summed E-state index contributed by atoms with van der Waals surface area (Å²) in [5.41, 5.74) is 7.07. The largest absolute Gasteiger partial charge is 0.383 e. The highest BCUT2D eigenvalue weighted by molar-refractivity contribution is 9.10. The Labute approximate surface area is 114 Å². The fourth-order valence-corrected chi connectivity index (χ4v) is 2.71. The molecule has 0 aliphatic carbocycles. The molecule has 0 unspecified atom stereocenters. The Morgan fingerprint density at radius 1 is 1.41 bits per heavy atom. The molecule has 0 saturated heterocycles. The zero-order valence-corrected chi connectivity index (χ0v) is 12.0. The molecule has 5 heteroatoms. The van der Waals surface area contributed by atoms with Gasteiger partial charge in [-0.25, -0.2) is 4.68 Å². The van der Waals surface area contributed by atoms with Gasteiger partial charge in [0, 0.05) is 4.47 Å². The standard InChI is InChI=1S/C12H14BrN3S/c1-2-7-17-11-8-15-16(12(11)14)10-6-4-3-5-9(10)13/h3-6,8H,2,7,14H2,1H3. The van der Waals surface area contributed by atoms with Crippen LogP contribution >= 0.6 is 27.7 Å². The molecule has 0 radical (unpaired) electrons. The van der Waals surface area contributed by atoms with Crippen molar-refractivity contribution in [3.05, 3.63) is 34.9 Å². The molecule has 0 aliphatic rings. The number of nitrogens with two attached hydrogens (primary N) is 1. The predicted molar refractivity (Wildman–Crippen MR) is 76.7 cm³/mol. The number of rotatable bonds is 4. The normalized spacial score (nSPS) is 10.7. The van der Waals surface area contributed by atoms with E-state index in [2.05, 4.69) is 28.0 Å². The van der Waals surface area contributed by atoms with E-state index in [1.807, 2.05) is 30.5 Å². The van der Waals surface area contributed by atoms with Crippen LogP contribution in [0.5, 0.6) is 0 Å². The highest BCUT2D eigenvalue weighted by atomic mass is 79.9. The average molecular weight is 312 g/mol. The molecule has 0 aliphatic heterocycles. The number of benzene rings is 1. The predicted octanol–water partition coefficient (Wildman–Crippen LogP) is 3.72. The number of thioether (sulfide) groups is 1. The second kappa shape index (κ2) is 5.60. The van der Waals surface area contributed by atoms with Crippen molar-refractivity contribution in [1.82, 2.24) is 9.78 Å². The molecule has 90 valence electrons. The summed E-state index contributed by atoms with van der Waals surface area (Å²) < 4.78 is 2.75. The second-order valence-corrected chi connectivity index (χ2v) is 5.60. The summed E-state index contributed by atoms with van der Waals surface area (Å²) in [4.78, 5) is 1.04. The number of halogens is 1. The lowest BCUT2D eigenvalue weighted by atomic mass is 10.3. The van der Waals surface area contributed by atoms with E-state index in [0.717, 1.165) is 27.2 Å². The van der Waals surface area contributed by atoms with Crippen molar-refractivity contribution in [3.63, 3.8) is 0 Å². The zero-order valence-electron chi connectivity index (χ0n) is 9.56. The fourth-order valence-electron chi connectivity index (χ4n) is 1.48. The van der Waals surface area contributed by atoms with E-state index in [-0.39, 0.29) is 0 Å². The Morgan fingerprint density at radius 3 is 2.88 bits per heavy atom. The lowest BCUT2D eigenvalue weighted by Crippen LogP contribution is -2.02. The summed E-state index contributed by atoms with van der Waals surface area (Å²) in [7, 11) is 0. The lowest BCUT2D eigenvalue weighted by Gasteiger charge is -2.06. The molecule has 0 bridgehead atoms. The third-order valence-corrected chi connectivity index (χ3v) is 4.22. The number of anilines is 1. The van der Waals surface area contributed by atoms with Gasteiger partial charge in [0.25, 0.3) is 0 Å². The Balaban J connectivity index is 2.34. The monoisotopic (exact) mass is 311 g/mol. The van der Waals surface area contributed by atoms with Crippen LogP contribution in [0.4, 0.5) is 5.82 Å². The van der Waals surface area contributed by atoms with Crippen molar-refractivity contribution in [3.8, 4) is 5.69 Å². The van der Waals surface area contributed by atoms with Crippen LogP contribution in [0.25, 0.3) is 5.69 Å². The maximum atomic E-state index is 6.10. The van der Waals surface area contributed by atoms with Crippen molar-refractivity contribution in [2.24, 2.45) is 0 Å². The molecule has 1 aromatic heterocycles. The van der Waals surface area contributed by atoms with E-state index in [0.29, 0.717) is 5.82 Å². The number of nitrogens with zero attached hydrogens (tertiary/aromatic N) is 2. The van der Waals surface area contributed by atoms with Crippen molar-refractivity contribution in [2.75, 3.05) is 11.5 Å². The molecule has 2 aromatic rings. The topological polar surface area (TPSA) is 43.8 Å². The van der Waals surface area contributed by atoms with Crippen LogP contribution in [0, 0.1) is 0 Å². The Bertz CT molecular complexity index is 510. The molecule has 0 saturated carbocycles. The van der Waals surface area contributed by atoms with Gasteiger partial charge in [0.2, 0.25) is 0 Å². The molecule has 0 spiro atoms. The highest BCUT2D eigenvalue weighted by Gasteiger charge is 2.10. The molecule has 0 amide bonds. The third-order valence-electron chi connectivity index (χ3n) is 2.31. The van der Waals surface area contributed by atoms with E-state index in [9.17, 15) is 0 Å². The summed E-state index contributed by atoms with van der Waals surface area (Å²) in [5, 5.41) is 4.34. The van der Waals surface area contributed by atoms with Crippen molar-refractivity contribution in [2.45, 2.75) is 18.2 Å². The summed E-state index contributed by atoms with van der Waals surface area (Å²) >= 11 is 5.25. The van der Waals surface area contributed by atoms with Crippen LogP contribution < -0.4 is 5.73 Å². The zero-order chi connectivity index (χ0) is 12.3. The second-order valence-electron chi connectivity index (χ2n) is 3.61.